The summed E-state index contributed by atoms with van der Waals surface area (Å²) in [6.07, 6.45) is 0.817. The van der Waals surface area contributed by atoms with Crippen molar-refractivity contribution in [2.75, 3.05) is 6.61 Å². The van der Waals surface area contributed by atoms with E-state index in [4.69, 9.17) is 22.1 Å². The zero-order valence-electron chi connectivity index (χ0n) is 8.64. The number of H-pyrrole nitrogens is 1. The van der Waals surface area contributed by atoms with Gasteiger partial charge in [0.1, 0.15) is 10.9 Å². The van der Waals surface area contributed by atoms with Crippen LogP contribution in [0.1, 0.15) is 20.1 Å². The Morgan fingerprint density at radius 1 is 1.67 bits per heavy atom. The van der Waals surface area contributed by atoms with Gasteiger partial charge in [-0.25, -0.2) is 4.79 Å². The quantitative estimate of drug-likeness (QED) is 0.752. The molecule has 0 aliphatic heterocycles. The average Bonchev–Trinajstić information content (AvgIpc) is 2.17. The molecule has 1 heterocycles. The molecular weight excluding hydrogens is 216 g/mol. The van der Waals surface area contributed by atoms with Gasteiger partial charge in [-0.15, -0.1) is 0 Å². The number of hydrogen-bond acceptors (Lipinski definition) is 4. The van der Waals surface area contributed by atoms with E-state index < -0.39 is 6.23 Å². The molecule has 2 N–H and O–H groups in total. The summed E-state index contributed by atoms with van der Waals surface area (Å²) in [5.41, 5.74) is -0.319. The summed E-state index contributed by atoms with van der Waals surface area (Å²) in [6.45, 7) is 3.37. The summed E-state index contributed by atoms with van der Waals surface area (Å²) in [7, 11) is 0. The minimum atomic E-state index is -0.438. The van der Waals surface area contributed by atoms with Crippen LogP contribution in [0, 0.1) is 4.64 Å². The van der Waals surface area contributed by atoms with Gasteiger partial charge in [-0.05, 0) is 19.9 Å². The third-order valence-corrected chi connectivity index (χ3v) is 2.17. The lowest BCUT2D eigenvalue weighted by atomic mass is 10.4. The molecule has 0 fully saturated rings. The summed E-state index contributed by atoms with van der Waals surface area (Å²) in [4.78, 5) is 13.9. The number of ether oxygens (including phenoxy) is 1. The first-order valence-electron chi connectivity index (χ1n) is 4.62. The average molecular weight is 230 g/mol. The van der Waals surface area contributed by atoms with E-state index in [2.05, 4.69) is 4.98 Å². The normalized spacial score (nSPS) is 14.9. The highest BCUT2D eigenvalue weighted by Gasteiger charge is 2.10. The molecule has 84 valence electrons. The first-order chi connectivity index (χ1) is 7.04. The SMILES string of the molecule is CC(CO)O[C@H](C)n1ccc(=S)[nH]c1=O. The fourth-order valence-electron chi connectivity index (χ4n) is 1.16. The van der Waals surface area contributed by atoms with Gasteiger partial charge in [-0.1, -0.05) is 12.2 Å². The minimum absolute atomic E-state index is 0.0814. The van der Waals surface area contributed by atoms with E-state index in [9.17, 15) is 4.79 Å². The second-order valence-electron chi connectivity index (χ2n) is 3.25. The number of aromatic amines is 1. The van der Waals surface area contributed by atoms with Crippen LogP contribution < -0.4 is 5.69 Å². The lowest BCUT2D eigenvalue weighted by Crippen LogP contribution is -2.29. The predicted molar refractivity (Wildman–Crippen MR) is 58.2 cm³/mol. The van der Waals surface area contributed by atoms with Gasteiger partial charge < -0.3 is 9.84 Å². The molecule has 1 aromatic rings. The fraction of sp³-hybridized carbons (Fsp3) is 0.556. The van der Waals surface area contributed by atoms with Crippen molar-refractivity contribution >= 4 is 12.2 Å². The number of hydrogen-bond donors (Lipinski definition) is 2. The molecule has 0 spiro atoms. The van der Waals surface area contributed by atoms with Gasteiger partial charge in [0.25, 0.3) is 0 Å². The Labute approximate surface area is 92.3 Å². The van der Waals surface area contributed by atoms with Crippen LogP contribution in [0.15, 0.2) is 17.1 Å². The second kappa shape index (κ2) is 5.20. The van der Waals surface area contributed by atoms with Crippen LogP contribution in [0.4, 0.5) is 0 Å². The highest BCUT2D eigenvalue weighted by Crippen LogP contribution is 2.06. The molecule has 1 aromatic heterocycles. The molecule has 0 radical (unpaired) electrons. The molecule has 1 unspecified atom stereocenters. The van der Waals surface area contributed by atoms with Crippen molar-refractivity contribution in [3.8, 4) is 0 Å². The molecule has 0 saturated heterocycles. The van der Waals surface area contributed by atoms with Gasteiger partial charge in [0.15, 0.2) is 0 Å². The third-order valence-electron chi connectivity index (χ3n) is 1.93. The third kappa shape index (κ3) is 3.26. The van der Waals surface area contributed by atoms with Crippen LogP contribution in [0.3, 0.4) is 0 Å². The van der Waals surface area contributed by atoms with E-state index >= 15 is 0 Å². The molecule has 0 aliphatic carbocycles. The van der Waals surface area contributed by atoms with Crippen molar-refractivity contribution < 1.29 is 9.84 Å². The minimum Gasteiger partial charge on any atom is -0.394 e. The molecule has 5 nitrogen and oxygen atoms in total. The topological polar surface area (TPSA) is 67.2 Å². The number of nitrogens with one attached hydrogen (secondary N) is 1. The van der Waals surface area contributed by atoms with Crippen molar-refractivity contribution in [1.29, 1.82) is 0 Å². The molecule has 0 amide bonds. The Hall–Kier alpha value is -0.980. The van der Waals surface area contributed by atoms with Crippen LogP contribution >= 0.6 is 12.2 Å². The lowest BCUT2D eigenvalue weighted by Gasteiger charge is -2.19. The maximum absolute atomic E-state index is 11.4. The largest absolute Gasteiger partial charge is 0.394 e. The van der Waals surface area contributed by atoms with E-state index in [1.54, 1.807) is 26.1 Å². The number of nitrogens with zero attached hydrogens (tertiary/aromatic N) is 1. The number of aromatic nitrogens is 2. The summed E-state index contributed by atoms with van der Waals surface area (Å²) in [5.74, 6) is 0. The molecule has 0 bridgehead atoms. The molecule has 0 aromatic carbocycles. The van der Waals surface area contributed by atoms with E-state index in [0.717, 1.165) is 0 Å². The molecular formula is C9H14N2O3S. The molecule has 2 atom stereocenters. The summed E-state index contributed by atoms with van der Waals surface area (Å²) in [5, 5.41) is 8.81. The smallest absolute Gasteiger partial charge is 0.328 e. The van der Waals surface area contributed by atoms with E-state index in [-0.39, 0.29) is 18.4 Å². The lowest BCUT2D eigenvalue weighted by molar-refractivity contribution is -0.0580. The first-order valence-corrected chi connectivity index (χ1v) is 5.03. The van der Waals surface area contributed by atoms with Crippen LogP contribution in [0.25, 0.3) is 0 Å². The molecule has 1 rings (SSSR count). The van der Waals surface area contributed by atoms with E-state index in [1.807, 2.05) is 0 Å². The molecule has 0 aliphatic rings. The molecule has 15 heavy (non-hydrogen) atoms. The highest BCUT2D eigenvalue weighted by atomic mass is 32.1. The highest BCUT2D eigenvalue weighted by molar-refractivity contribution is 7.71. The summed E-state index contributed by atoms with van der Waals surface area (Å²) >= 11 is 4.81. The van der Waals surface area contributed by atoms with Crippen molar-refractivity contribution in [1.82, 2.24) is 9.55 Å². The maximum Gasteiger partial charge on any atom is 0.328 e. The van der Waals surface area contributed by atoms with Crippen molar-refractivity contribution in [3.05, 3.63) is 27.4 Å². The molecule has 0 saturated carbocycles. The number of aliphatic hydroxyl groups excluding tert-OH is 1. The number of rotatable bonds is 4. The standard InChI is InChI=1S/C9H14N2O3S/c1-6(5-12)14-7(2)11-4-3-8(15)10-9(11)13/h3-4,6-7,12H,5H2,1-2H3,(H,10,13,15)/t6?,7-/m1/s1. The Balaban J connectivity index is 2.87. The monoisotopic (exact) mass is 230 g/mol. The summed E-state index contributed by atoms with van der Waals surface area (Å²) < 4.78 is 7.13. The van der Waals surface area contributed by atoms with Gasteiger partial charge in [0.05, 0.1) is 12.7 Å². The van der Waals surface area contributed by atoms with Gasteiger partial charge in [-0.2, -0.15) is 0 Å². The predicted octanol–water partition coefficient (Wildman–Crippen LogP) is 0.822. The van der Waals surface area contributed by atoms with Gasteiger partial charge in [0, 0.05) is 6.20 Å². The second-order valence-corrected chi connectivity index (χ2v) is 3.69. The van der Waals surface area contributed by atoms with Crippen LogP contribution in [0.2, 0.25) is 0 Å². The Bertz CT molecular complexity index is 426. The van der Waals surface area contributed by atoms with Crippen LogP contribution in [0.5, 0.6) is 0 Å². The first kappa shape index (κ1) is 12.1. The summed E-state index contributed by atoms with van der Waals surface area (Å²) in [6, 6.07) is 1.61. The maximum atomic E-state index is 11.4. The Morgan fingerprint density at radius 3 is 2.87 bits per heavy atom. The van der Waals surface area contributed by atoms with Gasteiger partial charge in [0.2, 0.25) is 0 Å². The van der Waals surface area contributed by atoms with Crippen LogP contribution in [-0.4, -0.2) is 27.4 Å². The Kier molecular flexibility index (Phi) is 4.19. The van der Waals surface area contributed by atoms with Crippen molar-refractivity contribution in [2.24, 2.45) is 0 Å². The fourth-order valence-corrected chi connectivity index (χ4v) is 1.31. The zero-order valence-corrected chi connectivity index (χ0v) is 9.45. The van der Waals surface area contributed by atoms with Crippen molar-refractivity contribution in [2.45, 2.75) is 26.2 Å². The Morgan fingerprint density at radius 2 is 2.33 bits per heavy atom. The van der Waals surface area contributed by atoms with Crippen molar-refractivity contribution in [3.63, 3.8) is 0 Å². The number of aliphatic hydroxyl groups is 1. The molecule has 6 heteroatoms. The van der Waals surface area contributed by atoms with Crippen LogP contribution in [-0.2, 0) is 4.74 Å². The van der Waals surface area contributed by atoms with Gasteiger partial charge >= 0.3 is 5.69 Å². The van der Waals surface area contributed by atoms with E-state index in [1.165, 1.54) is 4.57 Å². The zero-order chi connectivity index (χ0) is 11.4. The van der Waals surface area contributed by atoms with Gasteiger partial charge in [-0.3, -0.25) is 9.55 Å². The van der Waals surface area contributed by atoms with E-state index in [0.29, 0.717) is 4.64 Å².